The van der Waals surface area contributed by atoms with Crippen molar-refractivity contribution in [1.29, 1.82) is 0 Å². The number of carbonyl (C=O) groups excluding carboxylic acids is 1. The minimum absolute atomic E-state index is 0.106. The number of carboxylic acid groups (broad SMARTS) is 1. The summed E-state index contributed by atoms with van der Waals surface area (Å²) in [5, 5.41) is 18.6. The topological polar surface area (TPSA) is 97.1 Å². The second kappa shape index (κ2) is 6.12. The minimum atomic E-state index is -1.03. The first-order valence-corrected chi connectivity index (χ1v) is 6.11. The zero-order chi connectivity index (χ0) is 15.4. The van der Waals surface area contributed by atoms with Gasteiger partial charge in [-0.3, -0.25) is 9.59 Å². The van der Waals surface area contributed by atoms with Crippen molar-refractivity contribution in [3.63, 3.8) is 0 Å². The van der Waals surface area contributed by atoms with Crippen LogP contribution in [0.5, 0.6) is 0 Å². The van der Waals surface area contributed by atoms with E-state index in [1.54, 1.807) is 6.92 Å². The number of nitrogens with zero attached hydrogens (tertiary/aromatic N) is 3. The smallest absolute Gasteiger partial charge is 0.325 e. The van der Waals surface area contributed by atoms with Gasteiger partial charge in [0.05, 0.1) is 12.7 Å². The summed E-state index contributed by atoms with van der Waals surface area (Å²) in [6.07, 6.45) is 1.44. The molecule has 2 N–H and O–H groups in total. The third kappa shape index (κ3) is 3.85. The van der Waals surface area contributed by atoms with Gasteiger partial charge in [0.15, 0.2) is 0 Å². The molecule has 1 aromatic heterocycles. The fourth-order valence-corrected chi connectivity index (χ4v) is 1.78. The van der Waals surface area contributed by atoms with E-state index >= 15 is 0 Å². The van der Waals surface area contributed by atoms with E-state index in [9.17, 15) is 14.0 Å². The zero-order valence-corrected chi connectivity index (χ0v) is 11.2. The number of rotatable bonds is 5. The molecule has 0 atom stereocenters. The molecule has 0 radical (unpaired) electrons. The predicted octanol–water partition coefficient (Wildman–Crippen LogP) is 0.740. The fraction of sp³-hybridized carbons (Fsp3) is 0.231. The Balaban J connectivity index is 1.97. The van der Waals surface area contributed by atoms with E-state index in [0.717, 1.165) is 4.68 Å². The molecule has 0 aliphatic rings. The highest BCUT2D eigenvalue weighted by Crippen LogP contribution is 2.10. The largest absolute Gasteiger partial charge is 0.480 e. The number of amides is 1. The number of nitrogens with one attached hydrogen (secondary N) is 1. The molecule has 0 spiro atoms. The van der Waals surface area contributed by atoms with Crippen LogP contribution < -0.4 is 5.32 Å². The maximum Gasteiger partial charge on any atom is 0.325 e. The van der Waals surface area contributed by atoms with Crippen LogP contribution in [0, 0.1) is 12.7 Å². The summed E-state index contributed by atoms with van der Waals surface area (Å²) in [6.45, 7) is 1.45. The normalized spacial score (nSPS) is 10.4. The second-order valence-electron chi connectivity index (χ2n) is 4.44. The van der Waals surface area contributed by atoms with Crippen LogP contribution >= 0.6 is 0 Å². The van der Waals surface area contributed by atoms with E-state index in [1.165, 1.54) is 24.4 Å². The highest BCUT2D eigenvalue weighted by atomic mass is 19.1. The van der Waals surface area contributed by atoms with E-state index in [4.69, 9.17) is 5.11 Å². The van der Waals surface area contributed by atoms with Crippen molar-refractivity contribution in [3.05, 3.63) is 47.0 Å². The number of carbonyl (C=O) groups is 2. The number of benzene rings is 1. The first kappa shape index (κ1) is 14.6. The van der Waals surface area contributed by atoms with Gasteiger partial charge in [0.2, 0.25) is 0 Å². The van der Waals surface area contributed by atoms with Crippen LogP contribution in [0.15, 0.2) is 24.4 Å². The lowest BCUT2D eigenvalue weighted by molar-refractivity contribution is -0.137. The number of carboxylic acids is 1. The van der Waals surface area contributed by atoms with Crippen molar-refractivity contribution < 1.29 is 19.1 Å². The highest BCUT2D eigenvalue weighted by Gasteiger charge is 2.10. The Bertz CT molecular complexity index is 684. The van der Waals surface area contributed by atoms with Crippen molar-refractivity contribution in [2.75, 3.05) is 0 Å². The molecule has 0 unspecified atom stereocenters. The molecule has 0 bridgehead atoms. The van der Waals surface area contributed by atoms with Crippen molar-refractivity contribution in [2.45, 2.75) is 20.0 Å². The third-order valence-electron chi connectivity index (χ3n) is 2.75. The number of aromatic nitrogens is 3. The van der Waals surface area contributed by atoms with Crippen LogP contribution in [0.25, 0.3) is 0 Å². The lowest BCUT2D eigenvalue weighted by atomic mass is 10.1. The summed E-state index contributed by atoms with van der Waals surface area (Å²) < 4.78 is 14.1. The first-order valence-electron chi connectivity index (χ1n) is 6.11. The molecule has 2 aromatic rings. The summed E-state index contributed by atoms with van der Waals surface area (Å²) in [6, 6.07) is 3.89. The highest BCUT2D eigenvalue weighted by molar-refractivity contribution is 5.95. The summed E-state index contributed by atoms with van der Waals surface area (Å²) >= 11 is 0. The summed E-state index contributed by atoms with van der Waals surface area (Å²) in [4.78, 5) is 22.5. The Morgan fingerprint density at radius 3 is 2.86 bits per heavy atom. The second-order valence-corrected chi connectivity index (χ2v) is 4.44. The van der Waals surface area contributed by atoms with E-state index in [2.05, 4.69) is 15.6 Å². The molecule has 2 rings (SSSR count). The van der Waals surface area contributed by atoms with Crippen molar-refractivity contribution in [3.8, 4) is 0 Å². The Morgan fingerprint density at radius 1 is 1.43 bits per heavy atom. The van der Waals surface area contributed by atoms with Crippen LogP contribution in [-0.2, 0) is 17.9 Å². The Hall–Kier alpha value is -2.77. The predicted molar refractivity (Wildman–Crippen MR) is 70.0 cm³/mol. The third-order valence-corrected chi connectivity index (χ3v) is 2.75. The van der Waals surface area contributed by atoms with Gasteiger partial charge in [-0.2, -0.15) is 0 Å². The lowest BCUT2D eigenvalue weighted by Gasteiger charge is -2.06. The van der Waals surface area contributed by atoms with Crippen LogP contribution in [0.1, 0.15) is 21.6 Å². The summed E-state index contributed by atoms with van der Waals surface area (Å²) in [5.74, 6) is -1.79. The van der Waals surface area contributed by atoms with Crippen molar-refractivity contribution in [2.24, 2.45) is 0 Å². The summed E-state index contributed by atoms with van der Waals surface area (Å²) in [5.41, 5.74) is 1.33. The molecule has 8 heteroatoms. The molecule has 7 nitrogen and oxygen atoms in total. The van der Waals surface area contributed by atoms with Gasteiger partial charge < -0.3 is 10.4 Å². The molecule has 0 saturated heterocycles. The van der Waals surface area contributed by atoms with E-state index in [-0.39, 0.29) is 19.0 Å². The zero-order valence-electron chi connectivity index (χ0n) is 11.2. The molecule has 21 heavy (non-hydrogen) atoms. The maximum absolute atomic E-state index is 13.0. The molecule has 0 aliphatic carbocycles. The van der Waals surface area contributed by atoms with Gasteiger partial charge in [-0.1, -0.05) is 5.21 Å². The van der Waals surface area contributed by atoms with Crippen LogP contribution in [-0.4, -0.2) is 32.0 Å². The van der Waals surface area contributed by atoms with Crippen LogP contribution in [0.3, 0.4) is 0 Å². The average Bonchev–Trinajstić information content (AvgIpc) is 2.82. The molecule has 1 amide bonds. The molecule has 1 heterocycles. The van der Waals surface area contributed by atoms with Gasteiger partial charge in [0.25, 0.3) is 5.91 Å². The molecule has 0 aliphatic heterocycles. The number of aliphatic carboxylic acids is 1. The van der Waals surface area contributed by atoms with Crippen molar-refractivity contribution in [1.82, 2.24) is 20.3 Å². The Labute approximate surface area is 119 Å². The number of hydrogen-bond acceptors (Lipinski definition) is 4. The monoisotopic (exact) mass is 292 g/mol. The van der Waals surface area contributed by atoms with E-state index < -0.39 is 11.8 Å². The van der Waals surface area contributed by atoms with Gasteiger partial charge in [0.1, 0.15) is 18.1 Å². The number of halogens is 1. The molecule has 1 aromatic carbocycles. The Kier molecular flexibility index (Phi) is 4.27. The molecular formula is C13H13FN4O3. The maximum atomic E-state index is 13.0. The van der Waals surface area contributed by atoms with E-state index in [1.807, 2.05) is 0 Å². The van der Waals surface area contributed by atoms with Crippen molar-refractivity contribution >= 4 is 11.9 Å². The van der Waals surface area contributed by atoms with Gasteiger partial charge in [0, 0.05) is 5.56 Å². The van der Waals surface area contributed by atoms with E-state index in [0.29, 0.717) is 16.8 Å². The minimum Gasteiger partial charge on any atom is -0.480 e. The molecule has 0 saturated carbocycles. The van der Waals surface area contributed by atoms with Crippen LogP contribution in [0.2, 0.25) is 0 Å². The van der Waals surface area contributed by atoms with Gasteiger partial charge in [-0.05, 0) is 30.7 Å². The van der Waals surface area contributed by atoms with Gasteiger partial charge in [-0.15, -0.1) is 5.10 Å². The first-order chi connectivity index (χ1) is 9.95. The number of aryl methyl sites for hydroxylation is 1. The quantitative estimate of drug-likeness (QED) is 0.847. The lowest BCUT2D eigenvalue weighted by Crippen LogP contribution is -2.23. The Morgan fingerprint density at radius 2 is 2.19 bits per heavy atom. The SMILES string of the molecule is Cc1cc(F)ccc1C(=O)NCc1cn(CC(=O)O)nn1. The fourth-order valence-electron chi connectivity index (χ4n) is 1.78. The van der Waals surface area contributed by atoms with Crippen LogP contribution in [0.4, 0.5) is 4.39 Å². The number of hydrogen-bond donors (Lipinski definition) is 2. The molecular weight excluding hydrogens is 279 g/mol. The summed E-state index contributed by atoms with van der Waals surface area (Å²) in [7, 11) is 0. The molecule has 110 valence electrons. The standard InChI is InChI=1S/C13H13FN4O3/c1-8-4-9(14)2-3-11(8)13(21)15-5-10-6-18(17-16-10)7-12(19)20/h2-4,6H,5,7H2,1H3,(H,15,21)(H,19,20). The molecule has 0 fully saturated rings. The van der Waals surface area contributed by atoms with Gasteiger partial charge >= 0.3 is 5.97 Å². The van der Waals surface area contributed by atoms with Gasteiger partial charge in [-0.25, -0.2) is 9.07 Å². The average molecular weight is 292 g/mol.